The molecule has 4 N–H and O–H groups in total. The average Bonchev–Trinajstić information content (AvgIpc) is 3.00. The zero-order chi connectivity index (χ0) is 15.2. The highest BCUT2D eigenvalue weighted by Crippen LogP contribution is 2.27. The molecule has 6 nitrogen and oxygen atoms in total. The number of benzene rings is 1. The summed E-state index contributed by atoms with van der Waals surface area (Å²) >= 11 is 0. The molecule has 21 heavy (non-hydrogen) atoms. The van der Waals surface area contributed by atoms with E-state index in [4.69, 9.17) is 10.5 Å². The van der Waals surface area contributed by atoms with Crippen LogP contribution in [0.15, 0.2) is 23.0 Å². The third-order valence-corrected chi connectivity index (χ3v) is 3.38. The van der Waals surface area contributed by atoms with Crippen LogP contribution in [-0.2, 0) is 0 Å². The molecule has 2 aromatic rings. The summed E-state index contributed by atoms with van der Waals surface area (Å²) in [4.78, 5) is 17.7. The zero-order valence-electron chi connectivity index (χ0n) is 12.5. The van der Waals surface area contributed by atoms with Gasteiger partial charge in [-0.25, -0.2) is 4.79 Å². The summed E-state index contributed by atoms with van der Waals surface area (Å²) < 4.78 is 5.84. The number of fused-ring (bicyclic) bond motifs is 1. The molecule has 1 aliphatic rings. The first-order valence-electron chi connectivity index (χ1n) is 7.36. The first kappa shape index (κ1) is 15.3. The second kappa shape index (κ2) is 7.08. The number of nitrogens with zero attached hydrogens (tertiary/aromatic N) is 1. The predicted octanol–water partition coefficient (Wildman–Crippen LogP) is 1.52. The Hall–Kier alpha value is -2.08. The van der Waals surface area contributed by atoms with E-state index in [1.165, 1.54) is 0 Å². The van der Waals surface area contributed by atoms with Gasteiger partial charge in [0.15, 0.2) is 0 Å². The first-order valence-corrected chi connectivity index (χ1v) is 7.36. The lowest BCUT2D eigenvalue weighted by Gasteiger charge is -2.13. The molecule has 1 saturated heterocycles. The first-order chi connectivity index (χ1) is 10.2. The van der Waals surface area contributed by atoms with E-state index in [2.05, 4.69) is 15.3 Å². The number of anilines is 1. The Morgan fingerprint density at radius 2 is 2.24 bits per heavy atom. The van der Waals surface area contributed by atoms with Crippen LogP contribution in [0.25, 0.3) is 10.9 Å². The molecule has 0 aliphatic carbocycles. The minimum Gasteiger partial charge on any atom is -0.492 e. The Bertz CT molecular complexity index is 648. The van der Waals surface area contributed by atoms with Crippen LogP contribution in [0.3, 0.4) is 0 Å². The molecular weight excluding hydrogens is 268 g/mol. The summed E-state index contributed by atoms with van der Waals surface area (Å²) in [6.45, 7) is 6.67. The van der Waals surface area contributed by atoms with Gasteiger partial charge in [-0.2, -0.15) is 4.98 Å². The molecule has 0 amide bonds. The fraction of sp³-hybridized carbons (Fsp3) is 0.467. The molecular formula is C15H22N4O2. The predicted molar refractivity (Wildman–Crippen MR) is 84.6 cm³/mol. The van der Waals surface area contributed by atoms with Crippen LogP contribution in [0, 0.1) is 5.92 Å². The van der Waals surface area contributed by atoms with E-state index in [-0.39, 0.29) is 5.82 Å². The van der Waals surface area contributed by atoms with E-state index in [1.807, 2.05) is 26.0 Å². The lowest BCUT2D eigenvalue weighted by molar-refractivity contribution is 0.263. The molecule has 114 valence electrons. The van der Waals surface area contributed by atoms with Crippen molar-refractivity contribution >= 4 is 16.7 Å². The quantitative estimate of drug-likeness (QED) is 0.797. The molecule has 1 aromatic carbocycles. The van der Waals surface area contributed by atoms with Crippen LogP contribution in [0.5, 0.6) is 5.75 Å². The second-order valence-electron chi connectivity index (χ2n) is 4.78. The summed E-state index contributed by atoms with van der Waals surface area (Å²) in [6, 6.07) is 5.47. The SMILES string of the molecule is CC.Nc1nc(=O)[nH]c2cccc(OCC3CCNC3)c12. The highest BCUT2D eigenvalue weighted by atomic mass is 16.5. The van der Waals surface area contributed by atoms with Crippen molar-refractivity contribution in [2.24, 2.45) is 5.92 Å². The maximum Gasteiger partial charge on any atom is 0.347 e. The van der Waals surface area contributed by atoms with Gasteiger partial charge < -0.3 is 20.8 Å². The second-order valence-corrected chi connectivity index (χ2v) is 4.78. The molecule has 0 bridgehead atoms. The number of H-pyrrole nitrogens is 1. The van der Waals surface area contributed by atoms with Gasteiger partial charge in [0.2, 0.25) is 0 Å². The van der Waals surface area contributed by atoms with Crippen molar-refractivity contribution < 1.29 is 4.74 Å². The lowest BCUT2D eigenvalue weighted by atomic mass is 10.1. The molecule has 0 radical (unpaired) electrons. The van der Waals surface area contributed by atoms with Crippen LogP contribution >= 0.6 is 0 Å². The molecule has 1 aliphatic heterocycles. The lowest BCUT2D eigenvalue weighted by Crippen LogP contribution is -2.16. The monoisotopic (exact) mass is 290 g/mol. The highest BCUT2D eigenvalue weighted by molar-refractivity contribution is 5.93. The Morgan fingerprint density at radius 1 is 1.43 bits per heavy atom. The molecule has 1 atom stereocenters. The Morgan fingerprint density at radius 3 is 2.95 bits per heavy atom. The topological polar surface area (TPSA) is 93.0 Å². The highest BCUT2D eigenvalue weighted by Gasteiger charge is 2.16. The number of hydrogen-bond donors (Lipinski definition) is 3. The van der Waals surface area contributed by atoms with Gasteiger partial charge in [-0.05, 0) is 25.1 Å². The minimum absolute atomic E-state index is 0.207. The van der Waals surface area contributed by atoms with Crippen LogP contribution in [0.4, 0.5) is 5.82 Å². The number of nitrogens with one attached hydrogen (secondary N) is 2. The van der Waals surface area contributed by atoms with Crippen molar-refractivity contribution in [3.8, 4) is 5.75 Å². The van der Waals surface area contributed by atoms with Crippen molar-refractivity contribution in [2.45, 2.75) is 20.3 Å². The minimum atomic E-state index is -0.442. The van der Waals surface area contributed by atoms with Crippen LogP contribution in [0.2, 0.25) is 0 Å². The van der Waals surface area contributed by atoms with Gasteiger partial charge in [0.05, 0.1) is 17.5 Å². The van der Waals surface area contributed by atoms with Crippen molar-refractivity contribution in [3.05, 3.63) is 28.7 Å². The van der Waals surface area contributed by atoms with Gasteiger partial charge in [0.25, 0.3) is 0 Å². The van der Waals surface area contributed by atoms with Crippen LogP contribution in [-0.4, -0.2) is 29.7 Å². The zero-order valence-corrected chi connectivity index (χ0v) is 12.5. The molecule has 2 heterocycles. The van der Waals surface area contributed by atoms with Gasteiger partial charge in [0, 0.05) is 12.5 Å². The van der Waals surface area contributed by atoms with Crippen LogP contribution in [0.1, 0.15) is 20.3 Å². The molecule has 0 spiro atoms. The number of rotatable bonds is 3. The Labute approximate surface area is 123 Å². The van der Waals surface area contributed by atoms with E-state index >= 15 is 0 Å². The van der Waals surface area contributed by atoms with E-state index < -0.39 is 5.69 Å². The fourth-order valence-corrected chi connectivity index (χ4v) is 2.39. The van der Waals surface area contributed by atoms with Crippen LogP contribution < -0.4 is 21.5 Å². The van der Waals surface area contributed by atoms with Gasteiger partial charge in [-0.3, -0.25) is 0 Å². The third kappa shape index (κ3) is 3.52. The summed E-state index contributed by atoms with van der Waals surface area (Å²) in [5, 5.41) is 3.97. The Balaban J connectivity index is 0.000000774. The van der Waals surface area contributed by atoms with Crippen molar-refractivity contribution in [2.75, 3.05) is 25.4 Å². The summed E-state index contributed by atoms with van der Waals surface area (Å²) in [5.74, 6) is 1.40. The summed E-state index contributed by atoms with van der Waals surface area (Å²) in [5.41, 5.74) is 6.03. The van der Waals surface area contributed by atoms with Gasteiger partial charge in [-0.1, -0.05) is 19.9 Å². The van der Waals surface area contributed by atoms with E-state index in [0.29, 0.717) is 29.2 Å². The largest absolute Gasteiger partial charge is 0.492 e. The van der Waals surface area contributed by atoms with E-state index in [0.717, 1.165) is 19.5 Å². The van der Waals surface area contributed by atoms with E-state index in [9.17, 15) is 4.79 Å². The fourth-order valence-electron chi connectivity index (χ4n) is 2.39. The number of nitrogens with two attached hydrogens (primary N) is 1. The summed E-state index contributed by atoms with van der Waals surface area (Å²) in [6.07, 6.45) is 1.12. The Kier molecular flexibility index (Phi) is 5.16. The third-order valence-electron chi connectivity index (χ3n) is 3.38. The molecule has 3 rings (SSSR count). The maximum atomic E-state index is 11.3. The normalized spacial score (nSPS) is 17.3. The standard InChI is InChI=1S/C13H16N4O2.C2H6/c14-12-11-9(16-13(18)17-12)2-1-3-10(11)19-7-8-4-5-15-6-8;1-2/h1-3,8,15H,4-7H2,(H3,14,16,17,18);1-2H3. The summed E-state index contributed by atoms with van der Waals surface area (Å²) in [7, 11) is 0. The number of hydrogen-bond acceptors (Lipinski definition) is 5. The van der Waals surface area contributed by atoms with Crippen molar-refractivity contribution in [1.29, 1.82) is 0 Å². The molecule has 0 saturated carbocycles. The van der Waals surface area contributed by atoms with Crippen molar-refractivity contribution in [1.82, 2.24) is 15.3 Å². The van der Waals surface area contributed by atoms with Gasteiger partial charge in [0.1, 0.15) is 11.6 Å². The average molecular weight is 290 g/mol. The van der Waals surface area contributed by atoms with Gasteiger partial charge >= 0.3 is 5.69 Å². The molecule has 1 unspecified atom stereocenters. The number of ether oxygens (including phenoxy) is 1. The van der Waals surface area contributed by atoms with E-state index in [1.54, 1.807) is 6.07 Å². The number of aromatic nitrogens is 2. The van der Waals surface area contributed by atoms with Crippen molar-refractivity contribution in [3.63, 3.8) is 0 Å². The molecule has 1 aromatic heterocycles. The number of nitrogen functional groups attached to an aromatic ring is 1. The molecule has 6 heteroatoms. The van der Waals surface area contributed by atoms with Gasteiger partial charge in [-0.15, -0.1) is 0 Å². The smallest absolute Gasteiger partial charge is 0.347 e. The number of aromatic amines is 1. The maximum absolute atomic E-state index is 11.3. The molecule has 1 fully saturated rings.